The second kappa shape index (κ2) is 3.95. The van der Waals surface area contributed by atoms with E-state index in [0.717, 1.165) is 0 Å². The van der Waals surface area contributed by atoms with Crippen molar-refractivity contribution in [2.24, 2.45) is 0 Å². The van der Waals surface area contributed by atoms with E-state index in [1.165, 1.54) is 0 Å². The van der Waals surface area contributed by atoms with E-state index >= 15 is 0 Å². The molecule has 5 nitrogen and oxygen atoms in total. The maximum atomic E-state index is 11.0. The Kier molecular flexibility index (Phi) is 2.48. The summed E-state index contributed by atoms with van der Waals surface area (Å²) in [4.78, 5) is 26.4. The Morgan fingerprint density at radius 3 is 2.81 bits per heavy atom. The van der Waals surface area contributed by atoms with Crippen LogP contribution >= 0.6 is 0 Å². The standard InChI is InChI=1S/C11H8N2O3/c14-10(15)3-1-2-7-4-5-8-9(6-7)13-11(16)12-8/h4-6H,3H2,(H,14,15)(H2,12,13,16). The van der Waals surface area contributed by atoms with Gasteiger partial charge in [-0.1, -0.05) is 11.8 Å². The molecular weight excluding hydrogens is 208 g/mol. The molecule has 0 fully saturated rings. The molecule has 0 bridgehead atoms. The molecule has 0 atom stereocenters. The van der Waals surface area contributed by atoms with Gasteiger partial charge in [0.15, 0.2) is 0 Å². The summed E-state index contributed by atoms with van der Waals surface area (Å²) in [5.74, 6) is 4.28. The van der Waals surface area contributed by atoms with Crippen molar-refractivity contribution in [3.63, 3.8) is 0 Å². The van der Waals surface area contributed by atoms with Gasteiger partial charge < -0.3 is 15.1 Å². The molecule has 3 N–H and O–H groups in total. The molecule has 0 saturated carbocycles. The second-order valence-electron chi connectivity index (χ2n) is 3.21. The number of aromatic amines is 2. The van der Waals surface area contributed by atoms with Gasteiger partial charge in [-0.3, -0.25) is 4.79 Å². The average molecular weight is 216 g/mol. The maximum Gasteiger partial charge on any atom is 0.323 e. The monoisotopic (exact) mass is 216 g/mol. The maximum absolute atomic E-state index is 11.0. The molecule has 1 aromatic carbocycles. The number of rotatable bonds is 1. The molecule has 0 radical (unpaired) electrons. The minimum Gasteiger partial charge on any atom is -0.481 e. The third-order valence-corrected chi connectivity index (χ3v) is 1.99. The number of aliphatic carboxylic acids is 1. The minimum atomic E-state index is -0.955. The van der Waals surface area contributed by atoms with Crippen LogP contribution < -0.4 is 5.69 Å². The first-order valence-electron chi connectivity index (χ1n) is 4.58. The lowest BCUT2D eigenvalue weighted by molar-refractivity contribution is -0.135. The lowest BCUT2D eigenvalue weighted by atomic mass is 10.2. The molecule has 0 aliphatic heterocycles. The normalized spacial score (nSPS) is 9.75. The zero-order valence-electron chi connectivity index (χ0n) is 8.20. The molecule has 0 saturated heterocycles. The van der Waals surface area contributed by atoms with Crippen molar-refractivity contribution >= 4 is 17.0 Å². The third-order valence-electron chi connectivity index (χ3n) is 1.99. The Morgan fingerprint density at radius 1 is 1.31 bits per heavy atom. The van der Waals surface area contributed by atoms with Gasteiger partial charge in [-0.05, 0) is 18.2 Å². The first-order chi connectivity index (χ1) is 7.65. The lowest BCUT2D eigenvalue weighted by Gasteiger charge is -1.90. The quantitative estimate of drug-likeness (QED) is 0.613. The number of nitrogens with one attached hydrogen (secondary N) is 2. The summed E-state index contributed by atoms with van der Waals surface area (Å²) < 4.78 is 0. The van der Waals surface area contributed by atoms with E-state index in [1.54, 1.807) is 18.2 Å². The van der Waals surface area contributed by atoms with E-state index in [4.69, 9.17) is 5.11 Å². The zero-order valence-corrected chi connectivity index (χ0v) is 8.20. The highest BCUT2D eigenvalue weighted by molar-refractivity contribution is 5.76. The van der Waals surface area contributed by atoms with Gasteiger partial charge in [-0.25, -0.2) is 4.79 Å². The topological polar surface area (TPSA) is 85.9 Å². The zero-order chi connectivity index (χ0) is 11.5. The van der Waals surface area contributed by atoms with Crippen molar-refractivity contribution in [3.05, 3.63) is 34.2 Å². The summed E-state index contributed by atoms with van der Waals surface area (Å²) in [6.45, 7) is 0. The van der Waals surface area contributed by atoms with E-state index in [-0.39, 0.29) is 12.1 Å². The first-order valence-corrected chi connectivity index (χ1v) is 4.58. The van der Waals surface area contributed by atoms with Crippen molar-refractivity contribution in [1.29, 1.82) is 0 Å². The predicted molar refractivity (Wildman–Crippen MR) is 58.1 cm³/mol. The molecule has 0 amide bonds. The van der Waals surface area contributed by atoms with Crippen LogP contribution in [0.15, 0.2) is 23.0 Å². The van der Waals surface area contributed by atoms with Crippen molar-refractivity contribution in [2.45, 2.75) is 6.42 Å². The number of H-pyrrole nitrogens is 2. The van der Waals surface area contributed by atoms with Gasteiger partial charge in [-0.15, -0.1) is 0 Å². The molecular formula is C11H8N2O3. The molecule has 2 rings (SSSR count). The number of hydrogen-bond donors (Lipinski definition) is 3. The van der Waals surface area contributed by atoms with Gasteiger partial charge in [-0.2, -0.15) is 0 Å². The number of imidazole rings is 1. The fourth-order valence-corrected chi connectivity index (χ4v) is 1.33. The summed E-state index contributed by atoms with van der Waals surface area (Å²) in [5.41, 5.74) is 1.76. The van der Waals surface area contributed by atoms with Crippen LogP contribution in [0, 0.1) is 11.8 Å². The van der Waals surface area contributed by atoms with Crippen molar-refractivity contribution < 1.29 is 9.90 Å². The molecule has 80 valence electrons. The van der Waals surface area contributed by atoms with Gasteiger partial charge >= 0.3 is 11.7 Å². The van der Waals surface area contributed by atoms with E-state index in [2.05, 4.69) is 21.8 Å². The van der Waals surface area contributed by atoms with Gasteiger partial charge in [0.05, 0.1) is 11.0 Å². The van der Waals surface area contributed by atoms with Crippen molar-refractivity contribution in [1.82, 2.24) is 9.97 Å². The van der Waals surface area contributed by atoms with Crippen LogP contribution in [0.25, 0.3) is 11.0 Å². The van der Waals surface area contributed by atoms with Crippen molar-refractivity contribution in [2.75, 3.05) is 0 Å². The minimum absolute atomic E-state index is 0.193. The number of benzene rings is 1. The van der Waals surface area contributed by atoms with Crippen LogP contribution in [0.1, 0.15) is 12.0 Å². The molecule has 16 heavy (non-hydrogen) atoms. The van der Waals surface area contributed by atoms with Gasteiger partial charge in [0.2, 0.25) is 0 Å². The molecule has 1 aromatic heterocycles. The number of carboxylic acid groups (broad SMARTS) is 1. The molecule has 2 aromatic rings. The lowest BCUT2D eigenvalue weighted by Crippen LogP contribution is -1.99. The van der Waals surface area contributed by atoms with Gasteiger partial charge in [0.1, 0.15) is 6.42 Å². The highest BCUT2D eigenvalue weighted by atomic mass is 16.4. The number of hydrogen-bond acceptors (Lipinski definition) is 2. The largest absolute Gasteiger partial charge is 0.481 e. The van der Waals surface area contributed by atoms with E-state index in [9.17, 15) is 9.59 Å². The predicted octanol–water partition coefficient (Wildman–Crippen LogP) is 0.682. The third kappa shape index (κ3) is 2.12. The Labute approximate surface area is 90.1 Å². The number of carboxylic acids is 1. The smallest absolute Gasteiger partial charge is 0.323 e. The van der Waals surface area contributed by atoms with E-state index in [1.807, 2.05) is 0 Å². The van der Waals surface area contributed by atoms with Crippen LogP contribution in [-0.2, 0) is 4.79 Å². The number of fused-ring (bicyclic) bond motifs is 1. The summed E-state index contributed by atoms with van der Waals surface area (Å²) in [7, 11) is 0. The molecule has 1 heterocycles. The van der Waals surface area contributed by atoms with Crippen molar-refractivity contribution in [3.8, 4) is 11.8 Å². The average Bonchev–Trinajstić information content (AvgIpc) is 2.56. The van der Waals surface area contributed by atoms with E-state index in [0.29, 0.717) is 16.6 Å². The molecule has 0 unspecified atom stereocenters. The van der Waals surface area contributed by atoms with Gasteiger partial charge in [0.25, 0.3) is 0 Å². The number of aromatic nitrogens is 2. The fourth-order valence-electron chi connectivity index (χ4n) is 1.33. The highest BCUT2D eigenvalue weighted by Crippen LogP contribution is 2.08. The Morgan fingerprint density at radius 2 is 2.06 bits per heavy atom. The fraction of sp³-hybridized carbons (Fsp3) is 0.0909. The van der Waals surface area contributed by atoms with Crippen LogP contribution in [0.2, 0.25) is 0 Å². The summed E-state index contributed by atoms with van der Waals surface area (Å²) in [6.07, 6.45) is -0.193. The van der Waals surface area contributed by atoms with Crippen LogP contribution in [-0.4, -0.2) is 21.0 Å². The molecule has 0 spiro atoms. The highest BCUT2D eigenvalue weighted by Gasteiger charge is 1.97. The molecule has 0 aliphatic carbocycles. The number of carbonyl (C=O) groups is 1. The SMILES string of the molecule is O=C(O)CC#Cc1ccc2[nH]c(=O)[nH]c2c1. The van der Waals surface area contributed by atoms with Crippen LogP contribution in [0.5, 0.6) is 0 Å². The summed E-state index contributed by atoms with van der Waals surface area (Å²) in [5, 5.41) is 8.41. The first kappa shape index (κ1) is 10.1. The Bertz CT molecular complexity index is 655. The Balaban J connectivity index is 2.34. The van der Waals surface area contributed by atoms with E-state index < -0.39 is 5.97 Å². The summed E-state index contributed by atoms with van der Waals surface area (Å²) >= 11 is 0. The molecule has 5 heteroatoms. The molecule has 0 aliphatic rings. The summed E-state index contributed by atoms with van der Waals surface area (Å²) in [6, 6.07) is 5.14. The second-order valence-corrected chi connectivity index (χ2v) is 3.21. The van der Waals surface area contributed by atoms with Gasteiger partial charge in [0, 0.05) is 5.56 Å². The van der Waals surface area contributed by atoms with Crippen LogP contribution in [0.4, 0.5) is 0 Å². The Hall–Kier alpha value is -2.48. The van der Waals surface area contributed by atoms with Crippen LogP contribution in [0.3, 0.4) is 0 Å².